The highest BCUT2D eigenvalue weighted by molar-refractivity contribution is 9.10. The van der Waals surface area contributed by atoms with Gasteiger partial charge in [-0.3, -0.25) is 4.79 Å². The molecule has 5 nitrogen and oxygen atoms in total. The molecular weight excluding hydrogens is 355 g/mol. The van der Waals surface area contributed by atoms with Crippen molar-refractivity contribution in [1.82, 2.24) is 5.32 Å². The van der Waals surface area contributed by atoms with Crippen molar-refractivity contribution in [3.8, 4) is 0 Å². The number of carbonyl (C=O) groups excluding carboxylic acids is 2. The highest BCUT2D eigenvalue weighted by atomic mass is 79.9. The SMILES string of the molecule is CC(C)(C)OC(=O)N[C@H]1CCc2cc(F)c(Br)cc2NC1=O. The molecule has 2 N–H and O–H groups in total. The monoisotopic (exact) mass is 372 g/mol. The maximum absolute atomic E-state index is 13.6. The lowest BCUT2D eigenvalue weighted by Crippen LogP contribution is -2.45. The second-order valence-electron chi connectivity index (χ2n) is 6.15. The van der Waals surface area contributed by atoms with Crippen LogP contribution in [0.2, 0.25) is 0 Å². The third-order valence-corrected chi connectivity index (χ3v) is 3.72. The van der Waals surface area contributed by atoms with Crippen LogP contribution in [0.1, 0.15) is 32.8 Å². The second kappa shape index (κ2) is 6.24. The van der Waals surface area contributed by atoms with E-state index in [9.17, 15) is 14.0 Å². The zero-order chi connectivity index (χ0) is 16.5. The molecule has 0 radical (unpaired) electrons. The Morgan fingerprint density at radius 1 is 1.45 bits per heavy atom. The summed E-state index contributed by atoms with van der Waals surface area (Å²) >= 11 is 3.09. The number of halogens is 2. The van der Waals surface area contributed by atoms with E-state index < -0.39 is 17.7 Å². The van der Waals surface area contributed by atoms with Gasteiger partial charge >= 0.3 is 6.09 Å². The minimum absolute atomic E-state index is 0.283. The van der Waals surface area contributed by atoms with E-state index in [1.807, 2.05) is 0 Å². The van der Waals surface area contributed by atoms with Gasteiger partial charge in [0.15, 0.2) is 0 Å². The highest BCUT2D eigenvalue weighted by Crippen LogP contribution is 2.28. The quantitative estimate of drug-likeness (QED) is 0.793. The number of carbonyl (C=O) groups is 2. The van der Waals surface area contributed by atoms with Gasteiger partial charge in [-0.1, -0.05) is 0 Å². The predicted molar refractivity (Wildman–Crippen MR) is 84.2 cm³/mol. The van der Waals surface area contributed by atoms with Gasteiger partial charge in [-0.25, -0.2) is 9.18 Å². The maximum Gasteiger partial charge on any atom is 0.408 e. The Hall–Kier alpha value is -1.63. The molecule has 1 aliphatic heterocycles. The summed E-state index contributed by atoms with van der Waals surface area (Å²) in [5.74, 6) is -0.727. The molecule has 2 rings (SSSR count). The molecule has 1 aromatic rings. The minimum atomic E-state index is -0.718. The highest BCUT2D eigenvalue weighted by Gasteiger charge is 2.27. The Morgan fingerprint density at radius 3 is 2.77 bits per heavy atom. The number of nitrogens with one attached hydrogen (secondary N) is 2. The van der Waals surface area contributed by atoms with Gasteiger partial charge < -0.3 is 15.4 Å². The van der Waals surface area contributed by atoms with Crippen LogP contribution >= 0.6 is 15.9 Å². The summed E-state index contributed by atoms with van der Waals surface area (Å²) in [6, 6.07) is 2.19. The molecule has 1 atom stereocenters. The first-order valence-electron chi connectivity index (χ1n) is 6.94. The normalized spacial score (nSPS) is 18.0. The van der Waals surface area contributed by atoms with Crippen LogP contribution in [-0.2, 0) is 16.0 Å². The van der Waals surface area contributed by atoms with Gasteiger partial charge in [0.25, 0.3) is 0 Å². The summed E-state index contributed by atoms with van der Waals surface area (Å²) in [6.45, 7) is 5.24. The topological polar surface area (TPSA) is 67.4 Å². The number of rotatable bonds is 1. The average Bonchev–Trinajstić information content (AvgIpc) is 2.49. The van der Waals surface area contributed by atoms with Crippen molar-refractivity contribution in [2.75, 3.05) is 5.32 Å². The van der Waals surface area contributed by atoms with E-state index in [0.717, 1.165) is 0 Å². The molecular formula is C15H18BrFN2O3. The van der Waals surface area contributed by atoms with Crippen LogP contribution in [0, 0.1) is 5.82 Å². The van der Waals surface area contributed by atoms with E-state index in [1.54, 1.807) is 20.8 Å². The molecule has 0 saturated carbocycles. The van der Waals surface area contributed by atoms with Gasteiger partial charge in [-0.15, -0.1) is 0 Å². The fourth-order valence-electron chi connectivity index (χ4n) is 2.15. The number of amides is 2. The third-order valence-electron chi connectivity index (χ3n) is 3.11. The smallest absolute Gasteiger partial charge is 0.408 e. The fraction of sp³-hybridized carbons (Fsp3) is 0.467. The van der Waals surface area contributed by atoms with Crippen LogP contribution in [0.3, 0.4) is 0 Å². The van der Waals surface area contributed by atoms with E-state index in [2.05, 4.69) is 26.6 Å². The molecule has 0 aliphatic carbocycles. The first-order valence-corrected chi connectivity index (χ1v) is 7.73. The molecule has 0 saturated heterocycles. The molecule has 22 heavy (non-hydrogen) atoms. The number of alkyl carbamates (subject to hydrolysis) is 1. The van der Waals surface area contributed by atoms with Crippen molar-refractivity contribution in [3.63, 3.8) is 0 Å². The molecule has 1 aliphatic rings. The van der Waals surface area contributed by atoms with Crippen LogP contribution in [0.25, 0.3) is 0 Å². The number of benzene rings is 1. The van der Waals surface area contributed by atoms with Gasteiger partial charge in [0.05, 0.1) is 4.47 Å². The predicted octanol–water partition coefficient (Wildman–Crippen LogP) is 3.37. The number of fused-ring (bicyclic) bond motifs is 1. The summed E-state index contributed by atoms with van der Waals surface area (Å²) < 4.78 is 19.0. The molecule has 1 heterocycles. The summed E-state index contributed by atoms with van der Waals surface area (Å²) in [7, 11) is 0. The fourth-order valence-corrected chi connectivity index (χ4v) is 2.49. The van der Waals surface area contributed by atoms with Crippen molar-refractivity contribution in [2.24, 2.45) is 0 Å². The molecule has 0 aromatic heterocycles. The minimum Gasteiger partial charge on any atom is -0.444 e. The summed E-state index contributed by atoms with van der Waals surface area (Å²) in [4.78, 5) is 24.0. The van der Waals surface area contributed by atoms with Crippen LogP contribution < -0.4 is 10.6 Å². The van der Waals surface area contributed by atoms with E-state index >= 15 is 0 Å². The average molecular weight is 373 g/mol. The van der Waals surface area contributed by atoms with Gasteiger partial charge in [-0.2, -0.15) is 0 Å². The largest absolute Gasteiger partial charge is 0.444 e. The summed E-state index contributed by atoms with van der Waals surface area (Å²) in [5, 5.41) is 5.25. The summed E-state index contributed by atoms with van der Waals surface area (Å²) in [5.41, 5.74) is 0.608. The van der Waals surface area contributed by atoms with Gasteiger partial charge in [0.2, 0.25) is 5.91 Å². The van der Waals surface area contributed by atoms with Gasteiger partial charge in [0, 0.05) is 5.69 Å². The van der Waals surface area contributed by atoms with Crippen molar-refractivity contribution in [3.05, 3.63) is 28.0 Å². The third kappa shape index (κ3) is 4.19. The first kappa shape index (κ1) is 16.7. The Kier molecular flexibility index (Phi) is 4.75. The maximum atomic E-state index is 13.6. The number of ether oxygens (including phenoxy) is 1. The van der Waals surface area contributed by atoms with Crippen molar-refractivity contribution >= 4 is 33.6 Å². The Morgan fingerprint density at radius 2 is 2.14 bits per heavy atom. The Labute approximate surface area is 136 Å². The number of aryl methyl sites for hydroxylation is 1. The number of hydrogen-bond donors (Lipinski definition) is 2. The number of anilines is 1. The number of hydrogen-bond acceptors (Lipinski definition) is 3. The van der Waals surface area contributed by atoms with Crippen LogP contribution in [0.4, 0.5) is 14.9 Å². The molecule has 0 fully saturated rings. The first-order chi connectivity index (χ1) is 10.2. The zero-order valence-corrected chi connectivity index (χ0v) is 14.2. The van der Waals surface area contributed by atoms with Crippen molar-refractivity contribution in [1.29, 1.82) is 0 Å². The van der Waals surface area contributed by atoms with Crippen LogP contribution in [0.15, 0.2) is 16.6 Å². The zero-order valence-electron chi connectivity index (χ0n) is 12.6. The lowest BCUT2D eigenvalue weighted by atomic mass is 10.1. The van der Waals surface area contributed by atoms with E-state index in [1.165, 1.54) is 12.1 Å². The van der Waals surface area contributed by atoms with Crippen LogP contribution in [-0.4, -0.2) is 23.6 Å². The van der Waals surface area contributed by atoms with Gasteiger partial charge in [-0.05, 0) is 67.2 Å². The molecule has 1 aromatic carbocycles. The molecule has 0 unspecified atom stereocenters. The molecule has 7 heteroatoms. The van der Waals surface area contributed by atoms with Crippen molar-refractivity contribution < 1.29 is 18.7 Å². The lowest BCUT2D eigenvalue weighted by molar-refractivity contribution is -0.118. The van der Waals surface area contributed by atoms with E-state index in [4.69, 9.17) is 4.74 Å². The molecule has 2 amide bonds. The Balaban J connectivity index is 2.10. The summed E-state index contributed by atoms with van der Waals surface area (Å²) in [6.07, 6.45) is 0.198. The van der Waals surface area contributed by atoms with Gasteiger partial charge in [0.1, 0.15) is 17.5 Å². The lowest BCUT2D eigenvalue weighted by Gasteiger charge is -2.22. The molecule has 0 spiro atoms. The van der Waals surface area contributed by atoms with E-state index in [0.29, 0.717) is 24.1 Å². The van der Waals surface area contributed by atoms with E-state index in [-0.39, 0.29) is 16.2 Å². The van der Waals surface area contributed by atoms with Crippen molar-refractivity contribution in [2.45, 2.75) is 45.3 Å². The Bertz CT molecular complexity index is 614. The molecule has 0 bridgehead atoms. The standard InChI is InChI=1S/C15H18BrFN2O3/c1-15(2,3)22-14(21)19-11-5-4-8-6-10(17)9(16)7-12(8)18-13(11)20/h6-7,11H,4-5H2,1-3H3,(H,18,20)(H,19,21)/t11-/m0/s1. The second-order valence-corrected chi connectivity index (χ2v) is 7.00. The molecule has 120 valence electrons. The van der Waals surface area contributed by atoms with Crippen LogP contribution in [0.5, 0.6) is 0 Å².